The highest BCUT2D eigenvalue weighted by Crippen LogP contribution is 2.30. The monoisotopic (exact) mass is 365 g/mol. The van der Waals surface area contributed by atoms with Crippen molar-refractivity contribution in [3.63, 3.8) is 0 Å². The van der Waals surface area contributed by atoms with Gasteiger partial charge in [0, 0.05) is 0 Å². The lowest BCUT2D eigenvalue weighted by molar-refractivity contribution is -0.120. The zero-order chi connectivity index (χ0) is 16.9. The summed E-state index contributed by atoms with van der Waals surface area (Å²) in [6.45, 7) is 2.59. The smallest absolute Gasteiger partial charge is 0.233 e. The Morgan fingerprint density at radius 3 is 2.88 bits per heavy atom. The number of amides is 1. The third kappa shape index (κ3) is 4.30. The van der Waals surface area contributed by atoms with Gasteiger partial charge in [0.05, 0.1) is 11.8 Å². The van der Waals surface area contributed by atoms with Crippen LogP contribution in [0.5, 0.6) is 11.5 Å². The molecule has 1 amide bonds. The predicted octanol–water partition coefficient (Wildman–Crippen LogP) is 2.57. The van der Waals surface area contributed by atoms with Gasteiger partial charge in [0.15, 0.2) is 16.7 Å². The van der Waals surface area contributed by atoms with Crippen LogP contribution in [0, 0.1) is 0 Å². The van der Waals surface area contributed by atoms with Crippen LogP contribution in [0.4, 0.5) is 0 Å². The number of thioether (sulfide) groups is 1. The second-order valence-corrected chi connectivity index (χ2v) is 6.95. The Morgan fingerprint density at radius 2 is 2.12 bits per heavy atom. The molecule has 0 aliphatic carbocycles. The molecule has 2 aromatic rings. The molecule has 126 valence electrons. The maximum absolute atomic E-state index is 12.2. The molecule has 2 heterocycles. The van der Waals surface area contributed by atoms with E-state index in [0.717, 1.165) is 5.75 Å². The van der Waals surface area contributed by atoms with E-state index >= 15 is 0 Å². The summed E-state index contributed by atoms with van der Waals surface area (Å²) < 4.78 is 11.4. The quantitative estimate of drug-likeness (QED) is 0.821. The van der Waals surface area contributed by atoms with Gasteiger partial charge in [-0.2, -0.15) is 0 Å². The van der Waals surface area contributed by atoms with Crippen molar-refractivity contribution in [1.82, 2.24) is 15.5 Å². The standard InChI is InChI=1S/C16H16ClN3O3S/c1-10(24-15-7-6-14(17)19-20-15)16(21)18-8-11-9-22-12-4-2-3-5-13(12)23-11/h2-7,10-11H,8-9H2,1H3,(H,18,21)/t10-,11-/m1/s1. The van der Waals surface area contributed by atoms with Crippen molar-refractivity contribution in [2.75, 3.05) is 13.2 Å². The SMILES string of the molecule is C[C@@H](Sc1ccc(Cl)nn1)C(=O)NC[C@@H]1COc2ccccc2O1. The summed E-state index contributed by atoms with van der Waals surface area (Å²) in [5.74, 6) is 1.33. The molecule has 0 saturated carbocycles. The van der Waals surface area contributed by atoms with E-state index in [1.54, 1.807) is 12.1 Å². The van der Waals surface area contributed by atoms with Crippen molar-refractivity contribution in [3.8, 4) is 11.5 Å². The van der Waals surface area contributed by atoms with Gasteiger partial charge in [0.1, 0.15) is 17.7 Å². The number of para-hydroxylation sites is 2. The first kappa shape index (κ1) is 16.9. The molecule has 0 bridgehead atoms. The molecule has 6 nitrogen and oxygen atoms in total. The minimum absolute atomic E-state index is 0.0980. The fraction of sp³-hybridized carbons (Fsp3) is 0.312. The highest BCUT2D eigenvalue weighted by Gasteiger charge is 2.22. The van der Waals surface area contributed by atoms with Crippen LogP contribution in [0.1, 0.15) is 6.92 Å². The maximum Gasteiger partial charge on any atom is 0.233 e. The van der Waals surface area contributed by atoms with E-state index in [9.17, 15) is 4.79 Å². The van der Waals surface area contributed by atoms with Crippen LogP contribution in [-0.4, -0.2) is 40.6 Å². The van der Waals surface area contributed by atoms with E-state index in [1.807, 2.05) is 31.2 Å². The van der Waals surface area contributed by atoms with E-state index in [2.05, 4.69) is 15.5 Å². The summed E-state index contributed by atoms with van der Waals surface area (Å²) in [5, 5.41) is 11.2. The first-order valence-corrected chi connectivity index (χ1v) is 8.69. The summed E-state index contributed by atoms with van der Waals surface area (Å²) in [6, 6.07) is 10.9. The van der Waals surface area contributed by atoms with E-state index in [1.165, 1.54) is 11.8 Å². The summed E-state index contributed by atoms with van der Waals surface area (Å²) >= 11 is 7.01. The molecule has 0 spiro atoms. The van der Waals surface area contributed by atoms with Gasteiger partial charge in [-0.05, 0) is 31.2 Å². The molecule has 3 rings (SSSR count). The van der Waals surface area contributed by atoms with Gasteiger partial charge in [0.25, 0.3) is 0 Å². The number of halogens is 1. The van der Waals surface area contributed by atoms with Gasteiger partial charge in [0.2, 0.25) is 5.91 Å². The van der Waals surface area contributed by atoms with Crippen molar-refractivity contribution >= 4 is 29.3 Å². The first-order valence-electron chi connectivity index (χ1n) is 7.44. The molecule has 0 fully saturated rings. The van der Waals surface area contributed by atoms with Crippen LogP contribution < -0.4 is 14.8 Å². The topological polar surface area (TPSA) is 73.3 Å². The molecule has 0 unspecified atom stereocenters. The molecule has 1 aromatic carbocycles. The van der Waals surface area contributed by atoms with Crippen LogP contribution >= 0.6 is 23.4 Å². The molecular weight excluding hydrogens is 350 g/mol. The highest BCUT2D eigenvalue weighted by atomic mass is 35.5. The summed E-state index contributed by atoms with van der Waals surface area (Å²) in [5.41, 5.74) is 0. The summed E-state index contributed by atoms with van der Waals surface area (Å²) in [4.78, 5) is 12.2. The van der Waals surface area contributed by atoms with Gasteiger partial charge < -0.3 is 14.8 Å². The number of hydrogen-bond donors (Lipinski definition) is 1. The van der Waals surface area contributed by atoms with Crippen LogP contribution in [0.25, 0.3) is 0 Å². The van der Waals surface area contributed by atoms with Crippen molar-refractivity contribution in [2.45, 2.75) is 23.3 Å². The Hall–Kier alpha value is -1.99. The Balaban J connectivity index is 1.48. The minimum Gasteiger partial charge on any atom is -0.486 e. The lowest BCUT2D eigenvalue weighted by Gasteiger charge is -2.26. The number of ether oxygens (including phenoxy) is 2. The fourth-order valence-corrected chi connectivity index (χ4v) is 3.01. The number of aromatic nitrogens is 2. The van der Waals surface area contributed by atoms with Gasteiger partial charge >= 0.3 is 0 Å². The van der Waals surface area contributed by atoms with Crippen LogP contribution in [-0.2, 0) is 4.79 Å². The number of nitrogens with zero attached hydrogens (tertiary/aromatic N) is 2. The third-order valence-corrected chi connectivity index (χ3v) is 4.57. The zero-order valence-electron chi connectivity index (χ0n) is 12.9. The van der Waals surface area contributed by atoms with E-state index < -0.39 is 0 Å². The Kier molecular flexibility index (Phi) is 5.42. The molecule has 2 atom stereocenters. The number of fused-ring (bicyclic) bond motifs is 1. The number of hydrogen-bond acceptors (Lipinski definition) is 6. The maximum atomic E-state index is 12.2. The number of carbonyl (C=O) groups excluding carboxylic acids is 1. The lowest BCUT2D eigenvalue weighted by Crippen LogP contribution is -2.42. The summed E-state index contributed by atoms with van der Waals surface area (Å²) in [6.07, 6.45) is -0.212. The number of rotatable bonds is 5. The minimum atomic E-state index is -0.308. The second-order valence-electron chi connectivity index (χ2n) is 5.20. The van der Waals surface area contributed by atoms with Gasteiger partial charge in [-0.1, -0.05) is 35.5 Å². The lowest BCUT2D eigenvalue weighted by atomic mass is 10.2. The average Bonchev–Trinajstić information content (AvgIpc) is 2.61. The van der Waals surface area contributed by atoms with Crippen LogP contribution in [0.15, 0.2) is 41.4 Å². The Morgan fingerprint density at radius 1 is 1.33 bits per heavy atom. The predicted molar refractivity (Wildman–Crippen MR) is 91.7 cm³/mol. The van der Waals surface area contributed by atoms with E-state index in [4.69, 9.17) is 21.1 Å². The molecule has 1 aliphatic rings. The fourth-order valence-electron chi connectivity index (χ4n) is 2.12. The van der Waals surface area contributed by atoms with Gasteiger partial charge in [-0.25, -0.2) is 0 Å². The largest absolute Gasteiger partial charge is 0.486 e. The molecular formula is C16H16ClN3O3S. The third-order valence-electron chi connectivity index (χ3n) is 3.35. The Bertz CT molecular complexity index is 714. The average molecular weight is 366 g/mol. The number of benzene rings is 1. The van der Waals surface area contributed by atoms with Crippen LogP contribution in [0.2, 0.25) is 5.15 Å². The van der Waals surface area contributed by atoms with Crippen LogP contribution in [0.3, 0.4) is 0 Å². The van der Waals surface area contributed by atoms with Crippen molar-refractivity contribution < 1.29 is 14.3 Å². The number of carbonyl (C=O) groups is 1. The molecule has 1 aromatic heterocycles. The van der Waals surface area contributed by atoms with Crippen molar-refractivity contribution in [1.29, 1.82) is 0 Å². The van der Waals surface area contributed by atoms with Crippen molar-refractivity contribution in [3.05, 3.63) is 41.6 Å². The first-order chi connectivity index (χ1) is 11.6. The van der Waals surface area contributed by atoms with E-state index in [0.29, 0.717) is 29.1 Å². The molecule has 1 aliphatic heterocycles. The zero-order valence-corrected chi connectivity index (χ0v) is 14.5. The normalized spacial score (nSPS) is 17.2. The van der Waals surface area contributed by atoms with Crippen molar-refractivity contribution in [2.24, 2.45) is 0 Å². The van der Waals surface area contributed by atoms with Gasteiger partial charge in [-0.15, -0.1) is 10.2 Å². The molecule has 8 heteroatoms. The summed E-state index contributed by atoms with van der Waals surface area (Å²) in [7, 11) is 0. The Labute approximate surface area is 148 Å². The molecule has 0 saturated heterocycles. The second kappa shape index (κ2) is 7.72. The molecule has 1 N–H and O–H groups in total. The highest BCUT2D eigenvalue weighted by molar-refractivity contribution is 8.00. The molecule has 0 radical (unpaired) electrons. The van der Waals surface area contributed by atoms with E-state index in [-0.39, 0.29) is 17.3 Å². The molecule has 24 heavy (non-hydrogen) atoms. The number of nitrogens with one attached hydrogen (secondary N) is 1. The van der Waals surface area contributed by atoms with Gasteiger partial charge in [-0.3, -0.25) is 4.79 Å².